The van der Waals surface area contributed by atoms with E-state index in [1.807, 2.05) is 23.9 Å². The van der Waals surface area contributed by atoms with Gasteiger partial charge in [-0.1, -0.05) is 37.6 Å². The Bertz CT molecular complexity index is 365. The minimum absolute atomic E-state index is 0.0877. The van der Waals surface area contributed by atoms with Gasteiger partial charge in [0.15, 0.2) is 0 Å². The van der Waals surface area contributed by atoms with Crippen LogP contribution in [0.5, 0.6) is 0 Å². The van der Waals surface area contributed by atoms with Crippen LogP contribution in [0.1, 0.15) is 38.7 Å². The number of aliphatic hydroxyl groups excluding tert-OH is 1. The van der Waals surface area contributed by atoms with Gasteiger partial charge in [-0.15, -0.1) is 0 Å². The van der Waals surface area contributed by atoms with E-state index in [9.17, 15) is 5.11 Å². The number of likely N-dealkylation sites (N-methyl/N-ethyl adjacent to an activating group) is 1. The molecule has 1 atom stereocenters. The summed E-state index contributed by atoms with van der Waals surface area (Å²) in [6.07, 6.45) is 3.13. The first-order valence-corrected chi connectivity index (χ1v) is 8.87. The molecule has 0 spiro atoms. The standard InChI is InChI=1S/C16H26ClNOS/c1-3-16(13-19,18-4-2)10-5-11-20-12-14-6-8-15(17)9-7-14/h6-9,18-19H,3-5,10-13H2,1-2H3. The maximum Gasteiger partial charge on any atom is 0.0613 e. The molecule has 2 nitrogen and oxygen atoms in total. The molecule has 20 heavy (non-hydrogen) atoms. The molecule has 0 saturated heterocycles. The van der Waals surface area contributed by atoms with Crippen LogP contribution in [0.3, 0.4) is 0 Å². The van der Waals surface area contributed by atoms with Crippen LogP contribution in [0.25, 0.3) is 0 Å². The van der Waals surface area contributed by atoms with Crippen molar-refractivity contribution >= 4 is 23.4 Å². The predicted octanol–water partition coefficient (Wildman–Crippen LogP) is 4.10. The fourth-order valence-corrected chi connectivity index (χ4v) is 3.34. The maximum absolute atomic E-state index is 9.59. The van der Waals surface area contributed by atoms with Crippen LogP contribution >= 0.6 is 23.4 Å². The fraction of sp³-hybridized carbons (Fsp3) is 0.625. The van der Waals surface area contributed by atoms with Gasteiger partial charge in [0.1, 0.15) is 0 Å². The molecule has 0 aliphatic carbocycles. The molecular formula is C16H26ClNOS. The molecule has 0 heterocycles. The molecule has 0 radical (unpaired) electrons. The second-order valence-electron chi connectivity index (χ2n) is 5.10. The van der Waals surface area contributed by atoms with Crippen molar-refractivity contribution in [2.24, 2.45) is 0 Å². The third-order valence-electron chi connectivity index (χ3n) is 3.66. The van der Waals surface area contributed by atoms with E-state index in [1.165, 1.54) is 5.56 Å². The summed E-state index contributed by atoms with van der Waals surface area (Å²) in [4.78, 5) is 0. The second kappa shape index (κ2) is 9.67. The van der Waals surface area contributed by atoms with Gasteiger partial charge < -0.3 is 10.4 Å². The lowest BCUT2D eigenvalue weighted by Gasteiger charge is -2.31. The van der Waals surface area contributed by atoms with E-state index in [4.69, 9.17) is 11.6 Å². The van der Waals surface area contributed by atoms with Crippen molar-refractivity contribution in [2.45, 2.75) is 44.4 Å². The lowest BCUT2D eigenvalue weighted by molar-refractivity contribution is 0.148. The van der Waals surface area contributed by atoms with Gasteiger partial charge in [0.25, 0.3) is 0 Å². The number of halogens is 1. The van der Waals surface area contributed by atoms with Crippen molar-refractivity contribution < 1.29 is 5.11 Å². The van der Waals surface area contributed by atoms with Crippen molar-refractivity contribution in [1.29, 1.82) is 0 Å². The Balaban J connectivity index is 2.25. The van der Waals surface area contributed by atoms with Crippen LogP contribution in [0.4, 0.5) is 0 Å². The summed E-state index contributed by atoms with van der Waals surface area (Å²) in [6.45, 7) is 5.36. The second-order valence-corrected chi connectivity index (χ2v) is 6.65. The lowest BCUT2D eigenvalue weighted by Crippen LogP contribution is -2.48. The smallest absolute Gasteiger partial charge is 0.0613 e. The molecule has 0 aromatic heterocycles. The largest absolute Gasteiger partial charge is 0.394 e. The van der Waals surface area contributed by atoms with E-state index in [1.54, 1.807) is 0 Å². The molecule has 0 fully saturated rings. The van der Waals surface area contributed by atoms with Crippen molar-refractivity contribution in [3.63, 3.8) is 0 Å². The van der Waals surface area contributed by atoms with E-state index in [0.29, 0.717) is 0 Å². The van der Waals surface area contributed by atoms with Gasteiger partial charge in [0.2, 0.25) is 0 Å². The number of rotatable bonds is 10. The SMILES string of the molecule is CCNC(CC)(CO)CCCSCc1ccc(Cl)cc1. The van der Waals surface area contributed by atoms with Crippen LogP contribution in [0.15, 0.2) is 24.3 Å². The molecule has 4 heteroatoms. The third-order valence-corrected chi connectivity index (χ3v) is 5.02. The summed E-state index contributed by atoms with van der Waals surface area (Å²) < 4.78 is 0. The topological polar surface area (TPSA) is 32.3 Å². The molecule has 2 N–H and O–H groups in total. The third kappa shape index (κ3) is 6.04. The Hall–Kier alpha value is -0.220. The lowest BCUT2D eigenvalue weighted by atomic mass is 9.91. The van der Waals surface area contributed by atoms with Crippen molar-refractivity contribution in [1.82, 2.24) is 5.32 Å². The summed E-state index contributed by atoms with van der Waals surface area (Å²) >= 11 is 7.81. The van der Waals surface area contributed by atoms with E-state index in [2.05, 4.69) is 31.3 Å². The summed E-state index contributed by atoms with van der Waals surface area (Å²) in [7, 11) is 0. The summed E-state index contributed by atoms with van der Waals surface area (Å²) in [5.74, 6) is 2.15. The minimum Gasteiger partial charge on any atom is -0.394 e. The molecule has 1 rings (SSSR count). The zero-order chi connectivity index (χ0) is 14.8. The number of nitrogens with one attached hydrogen (secondary N) is 1. The predicted molar refractivity (Wildman–Crippen MR) is 90.6 cm³/mol. The molecule has 1 aromatic carbocycles. The first kappa shape index (κ1) is 17.8. The Morgan fingerprint density at radius 1 is 1.25 bits per heavy atom. The first-order chi connectivity index (χ1) is 9.65. The van der Waals surface area contributed by atoms with Crippen molar-refractivity contribution in [3.8, 4) is 0 Å². The van der Waals surface area contributed by atoms with Gasteiger partial charge in [-0.2, -0.15) is 11.8 Å². The van der Waals surface area contributed by atoms with Gasteiger partial charge >= 0.3 is 0 Å². The van der Waals surface area contributed by atoms with Gasteiger partial charge in [0, 0.05) is 16.3 Å². The number of thioether (sulfide) groups is 1. The average Bonchev–Trinajstić information content (AvgIpc) is 2.48. The molecule has 0 saturated carbocycles. The van der Waals surface area contributed by atoms with Gasteiger partial charge in [-0.25, -0.2) is 0 Å². The average molecular weight is 316 g/mol. The minimum atomic E-state index is -0.0877. The van der Waals surface area contributed by atoms with Crippen LogP contribution in [0, 0.1) is 0 Å². The Morgan fingerprint density at radius 2 is 1.95 bits per heavy atom. The summed E-state index contributed by atoms with van der Waals surface area (Å²) in [6, 6.07) is 8.04. The zero-order valence-corrected chi connectivity index (χ0v) is 14.1. The number of aliphatic hydroxyl groups is 1. The van der Waals surface area contributed by atoms with Crippen molar-refractivity contribution in [2.75, 3.05) is 18.9 Å². The molecule has 114 valence electrons. The van der Waals surface area contributed by atoms with E-state index in [0.717, 1.165) is 42.3 Å². The number of benzene rings is 1. The zero-order valence-electron chi connectivity index (χ0n) is 12.5. The first-order valence-electron chi connectivity index (χ1n) is 7.34. The molecule has 0 amide bonds. The van der Waals surface area contributed by atoms with Crippen LogP contribution in [0.2, 0.25) is 5.02 Å². The van der Waals surface area contributed by atoms with Gasteiger partial charge in [-0.05, 0) is 49.3 Å². The summed E-state index contributed by atoms with van der Waals surface area (Å²) in [5, 5.41) is 13.8. The van der Waals surface area contributed by atoms with Crippen LogP contribution in [-0.4, -0.2) is 29.5 Å². The Morgan fingerprint density at radius 3 is 2.50 bits per heavy atom. The highest BCUT2D eigenvalue weighted by Crippen LogP contribution is 2.21. The molecule has 1 aromatic rings. The molecule has 0 aliphatic rings. The molecule has 0 bridgehead atoms. The van der Waals surface area contributed by atoms with Crippen molar-refractivity contribution in [3.05, 3.63) is 34.9 Å². The molecule has 1 unspecified atom stereocenters. The number of hydrogen-bond donors (Lipinski definition) is 2. The Labute approximate surface area is 132 Å². The van der Waals surface area contributed by atoms with E-state index in [-0.39, 0.29) is 12.1 Å². The summed E-state index contributed by atoms with van der Waals surface area (Å²) in [5.41, 5.74) is 1.23. The van der Waals surface area contributed by atoms with Crippen LogP contribution < -0.4 is 5.32 Å². The monoisotopic (exact) mass is 315 g/mol. The normalized spacial score (nSPS) is 14.2. The maximum atomic E-state index is 9.59. The van der Waals surface area contributed by atoms with Gasteiger partial charge in [0.05, 0.1) is 6.61 Å². The highest BCUT2D eigenvalue weighted by Gasteiger charge is 2.24. The fourth-order valence-electron chi connectivity index (χ4n) is 2.30. The highest BCUT2D eigenvalue weighted by atomic mass is 35.5. The van der Waals surface area contributed by atoms with E-state index < -0.39 is 0 Å². The van der Waals surface area contributed by atoms with Gasteiger partial charge in [-0.3, -0.25) is 0 Å². The quantitative estimate of drug-likeness (QED) is 0.637. The molecular weight excluding hydrogens is 290 g/mol. The van der Waals surface area contributed by atoms with E-state index >= 15 is 0 Å². The number of hydrogen-bond acceptors (Lipinski definition) is 3. The Kier molecular flexibility index (Phi) is 8.62. The van der Waals surface area contributed by atoms with Crippen LogP contribution in [-0.2, 0) is 5.75 Å². The highest BCUT2D eigenvalue weighted by molar-refractivity contribution is 7.98. The molecule has 0 aliphatic heterocycles.